The van der Waals surface area contributed by atoms with E-state index in [1.165, 1.54) is 0 Å². The molecular formula is C27H31NO5. The van der Waals surface area contributed by atoms with E-state index >= 15 is 0 Å². The summed E-state index contributed by atoms with van der Waals surface area (Å²) in [5.41, 5.74) is 4.75. The quantitative estimate of drug-likeness (QED) is 0.220. The first-order chi connectivity index (χ1) is 15.9. The van der Waals surface area contributed by atoms with Crippen LogP contribution in [0.3, 0.4) is 0 Å². The fourth-order valence-corrected chi connectivity index (χ4v) is 3.41. The monoisotopic (exact) mass is 449 g/mol. The number of nitrogens with zero attached hydrogens (tertiary/aromatic N) is 1. The number of benzene rings is 2. The Bertz CT molecular complexity index is 1120. The van der Waals surface area contributed by atoms with Crippen molar-refractivity contribution in [2.45, 2.75) is 41.0 Å². The molecular weight excluding hydrogens is 418 g/mol. The largest absolute Gasteiger partial charge is 0.493 e. The van der Waals surface area contributed by atoms with Crippen LogP contribution in [0, 0.1) is 20.8 Å². The van der Waals surface area contributed by atoms with Gasteiger partial charge in [-0.25, -0.2) is 9.78 Å². The molecule has 0 spiro atoms. The van der Waals surface area contributed by atoms with E-state index in [1.807, 2.05) is 70.2 Å². The van der Waals surface area contributed by atoms with Gasteiger partial charge in [-0.3, -0.25) is 0 Å². The minimum atomic E-state index is -0.463. The summed E-state index contributed by atoms with van der Waals surface area (Å²) in [6.07, 6.45) is 2.36. The average molecular weight is 450 g/mol. The number of hydrogen-bond acceptors (Lipinski definition) is 6. The lowest BCUT2D eigenvalue weighted by Crippen LogP contribution is -2.10. The summed E-state index contributed by atoms with van der Waals surface area (Å²) in [7, 11) is 0. The molecule has 0 bridgehead atoms. The molecule has 0 saturated heterocycles. The van der Waals surface area contributed by atoms with Crippen molar-refractivity contribution in [3.63, 3.8) is 0 Å². The number of carbonyl (C=O) groups excluding carboxylic acids is 1. The molecule has 33 heavy (non-hydrogen) atoms. The van der Waals surface area contributed by atoms with Gasteiger partial charge in [0.15, 0.2) is 0 Å². The van der Waals surface area contributed by atoms with Crippen molar-refractivity contribution in [3.8, 4) is 17.2 Å². The van der Waals surface area contributed by atoms with Crippen LogP contribution in [0.1, 0.15) is 42.0 Å². The molecule has 6 nitrogen and oxygen atoms in total. The molecule has 0 aliphatic rings. The van der Waals surface area contributed by atoms with Crippen molar-refractivity contribution >= 4 is 12.0 Å². The maximum Gasteiger partial charge on any atom is 0.373 e. The first kappa shape index (κ1) is 24.1. The molecule has 2 aromatic carbocycles. The second kappa shape index (κ2) is 11.4. The molecule has 0 fully saturated rings. The zero-order valence-electron chi connectivity index (χ0n) is 19.9. The van der Waals surface area contributed by atoms with Crippen LogP contribution < -0.4 is 4.74 Å². The highest BCUT2D eigenvalue weighted by Gasteiger charge is 2.15. The molecule has 0 atom stereocenters. The van der Waals surface area contributed by atoms with Crippen molar-refractivity contribution in [1.82, 2.24) is 4.98 Å². The van der Waals surface area contributed by atoms with Crippen LogP contribution in [0.5, 0.6) is 5.75 Å². The van der Waals surface area contributed by atoms with Crippen molar-refractivity contribution in [3.05, 3.63) is 76.4 Å². The first-order valence-electron chi connectivity index (χ1n) is 11.2. The van der Waals surface area contributed by atoms with Crippen molar-refractivity contribution in [2.75, 3.05) is 19.8 Å². The summed E-state index contributed by atoms with van der Waals surface area (Å²) in [5.74, 6) is 1.95. The van der Waals surface area contributed by atoms with Crippen LogP contribution in [-0.2, 0) is 20.7 Å². The SMILES string of the molecule is CCOC(=O)C(=Cc1ccc(OCCc2nc(-c3ccccc3)oc2C)c(C)c1C)OCC. The van der Waals surface area contributed by atoms with E-state index in [0.29, 0.717) is 32.1 Å². The van der Waals surface area contributed by atoms with Crippen LogP contribution in [0.2, 0.25) is 0 Å². The van der Waals surface area contributed by atoms with Crippen LogP contribution in [0.4, 0.5) is 0 Å². The molecule has 0 aliphatic heterocycles. The van der Waals surface area contributed by atoms with E-state index < -0.39 is 5.97 Å². The smallest absolute Gasteiger partial charge is 0.373 e. The Labute approximate surface area is 195 Å². The predicted molar refractivity (Wildman–Crippen MR) is 128 cm³/mol. The van der Waals surface area contributed by atoms with Gasteiger partial charge in [-0.1, -0.05) is 24.3 Å². The zero-order chi connectivity index (χ0) is 23.8. The van der Waals surface area contributed by atoms with Crippen molar-refractivity contribution in [2.24, 2.45) is 0 Å². The Morgan fingerprint density at radius 2 is 1.70 bits per heavy atom. The van der Waals surface area contributed by atoms with E-state index in [9.17, 15) is 4.79 Å². The Balaban J connectivity index is 1.69. The van der Waals surface area contributed by atoms with E-state index in [0.717, 1.165) is 39.5 Å². The minimum Gasteiger partial charge on any atom is -0.493 e. The third-order valence-electron chi connectivity index (χ3n) is 5.35. The van der Waals surface area contributed by atoms with Gasteiger partial charge in [-0.2, -0.15) is 0 Å². The molecule has 1 heterocycles. The van der Waals surface area contributed by atoms with Gasteiger partial charge in [0.25, 0.3) is 0 Å². The van der Waals surface area contributed by atoms with Gasteiger partial charge in [-0.05, 0) is 75.6 Å². The lowest BCUT2D eigenvalue weighted by molar-refractivity contribution is -0.142. The van der Waals surface area contributed by atoms with Crippen LogP contribution >= 0.6 is 0 Å². The molecule has 1 aromatic heterocycles. The van der Waals surface area contributed by atoms with Gasteiger partial charge in [0.05, 0.1) is 25.5 Å². The third kappa shape index (κ3) is 6.04. The molecule has 0 saturated carbocycles. The van der Waals surface area contributed by atoms with Crippen LogP contribution in [-0.4, -0.2) is 30.8 Å². The Morgan fingerprint density at radius 3 is 2.39 bits per heavy atom. The summed E-state index contributed by atoms with van der Waals surface area (Å²) >= 11 is 0. The molecule has 0 aliphatic carbocycles. The van der Waals surface area contributed by atoms with Crippen molar-refractivity contribution in [1.29, 1.82) is 0 Å². The second-order valence-electron chi connectivity index (χ2n) is 7.55. The average Bonchev–Trinajstić information content (AvgIpc) is 3.19. The van der Waals surface area contributed by atoms with Gasteiger partial charge in [0, 0.05) is 12.0 Å². The summed E-state index contributed by atoms with van der Waals surface area (Å²) in [6.45, 7) is 10.7. The first-order valence-corrected chi connectivity index (χ1v) is 11.2. The molecule has 174 valence electrons. The summed E-state index contributed by atoms with van der Waals surface area (Å²) < 4.78 is 22.5. The highest BCUT2D eigenvalue weighted by atomic mass is 16.6. The number of ether oxygens (including phenoxy) is 3. The maximum absolute atomic E-state index is 12.1. The molecule has 3 rings (SSSR count). The van der Waals surface area contributed by atoms with E-state index in [-0.39, 0.29) is 5.76 Å². The summed E-state index contributed by atoms with van der Waals surface area (Å²) in [5, 5.41) is 0. The van der Waals surface area contributed by atoms with Crippen LogP contribution in [0.25, 0.3) is 17.5 Å². The highest BCUT2D eigenvalue weighted by Crippen LogP contribution is 2.27. The van der Waals surface area contributed by atoms with E-state index in [4.69, 9.17) is 18.6 Å². The van der Waals surface area contributed by atoms with Crippen LogP contribution in [0.15, 0.2) is 52.6 Å². The molecule has 0 radical (unpaired) electrons. The summed E-state index contributed by atoms with van der Waals surface area (Å²) in [4.78, 5) is 16.8. The fourth-order valence-electron chi connectivity index (χ4n) is 3.41. The third-order valence-corrected chi connectivity index (χ3v) is 5.35. The Morgan fingerprint density at radius 1 is 0.970 bits per heavy atom. The Kier molecular flexibility index (Phi) is 8.30. The standard InChI is InChI=1S/C27H31NO5/c1-6-30-25(27(29)31-7-2)17-22-13-14-24(19(4)18(22)3)32-16-15-23-20(5)33-26(28-23)21-11-9-8-10-12-21/h8-14,17H,6-7,15-16H2,1-5H3. The van der Waals surface area contributed by atoms with Gasteiger partial charge < -0.3 is 18.6 Å². The minimum absolute atomic E-state index is 0.200. The number of oxazole rings is 1. The molecule has 3 aromatic rings. The predicted octanol–water partition coefficient (Wildman–Crippen LogP) is 5.83. The number of aryl methyl sites for hydroxylation is 1. The normalized spacial score (nSPS) is 11.4. The zero-order valence-corrected chi connectivity index (χ0v) is 19.9. The highest BCUT2D eigenvalue weighted by molar-refractivity contribution is 5.91. The van der Waals surface area contributed by atoms with Gasteiger partial charge in [-0.15, -0.1) is 0 Å². The van der Waals surface area contributed by atoms with E-state index in [1.54, 1.807) is 13.0 Å². The van der Waals surface area contributed by atoms with Gasteiger partial charge >= 0.3 is 5.97 Å². The molecule has 0 amide bonds. The number of aromatic nitrogens is 1. The maximum atomic E-state index is 12.1. The number of carbonyl (C=O) groups is 1. The topological polar surface area (TPSA) is 70.8 Å². The fraction of sp³-hybridized carbons (Fsp3) is 0.333. The molecule has 0 N–H and O–H groups in total. The lowest BCUT2D eigenvalue weighted by atomic mass is 10.0. The molecule has 6 heteroatoms. The van der Waals surface area contributed by atoms with E-state index in [2.05, 4.69) is 4.98 Å². The van der Waals surface area contributed by atoms with Crippen molar-refractivity contribution < 1.29 is 23.4 Å². The lowest BCUT2D eigenvalue weighted by Gasteiger charge is -2.14. The van der Waals surface area contributed by atoms with Gasteiger partial charge in [0.1, 0.15) is 11.5 Å². The number of rotatable bonds is 10. The molecule has 0 unspecified atom stereocenters. The number of esters is 1. The Hall–Kier alpha value is -3.54. The second-order valence-corrected chi connectivity index (χ2v) is 7.55. The van der Waals surface area contributed by atoms with Gasteiger partial charge in [0.2, 0.25) is 11.6 Å². The number of hydrogen-bond donors (Lipinski definition) is 0. The summed E-state index contributed by atoms with van der Waals surface area (Å²) in [6, 6.07) is 13.7.